The fourth-order valence-corrected chi connectivity index (χ4v) is 4.01. The van der Waals surface area contributed by atoms with Crippen LogP contribution in [-0.2, 0) is 10.0 Å². The molecule has 1 N–H and O–H groups in total. The first-order valence-electron chi connectivity index (χ1n) is 4.61. The molecule has 0 bridgehead atoms. The Morgan fingerprint density at radius 2 is 1.89 bits per heavy atom. The van der Waals surface area contributed by atoms with Gasteiger partial charge >= 0.3 is 0 Å². The normalized spacial score (nSPS) is 11.5. The van der Waals surface area contributed by atoms with Crippen LogP contribution in [0.25, 0.3) is 0 Å². The van der Waals surface area contributed by atoms with E-state index in [-0.39, 0.29) is 14.9 Å². The van der Waals surface area contributed by atoms with E-state index in [1.807, 2.05) is 0 Å². The Hall–Kier alpha value is -0.820. The predicted octanol–water partition coefficient (Wildman–Crippen LogP) is 3.99. The molecule has 0 atom stereocenters. The van der Waals surface area contributed by atoms with Gasteiger partial charge in [-0.1, -0.05) is 23.2 Å². The molecule has 3 nitrogen and oxygen atoms in total. The number of nitrogens with one attached hydrogen (secondary N) is 1. The maximum Gasteiger partial charge on any atom is 0.271 e. The summed E-state index contributed by atoms with van der Waals surface area (Å²) in [7, 11) is -3.77. The molecule has 0 saturated carbocycles. The third kappa shape index (κ3) is 3.14. The minimum absolute atomic E-state index is 0.0490. The lowest BCUT2D eigenvalue weighted by Gasteiger charge is -2.06. The van der Waals surface area contributed by atoms with Crippen molar-refractivity contribution in [1.82, 2.24) is 0 Å². The average molecular weight is 326 g/mol. The van der Waals surface area contributed by atoms with Crippen LogP contribution in [0.4, 0.5) is 10.1 Å². The van der Waals surface area contributed by atoms with Gasteiger partial charge in [-0.2, -0.15) is 0 Å². The van der Waals surface area contributed by atoms with Crippen molar-refractivity contribution >= 4 is 50.2 Å². The van der Waals surface area contributed by atoms with Gasteiger partial charge in [-0.15, -0.1) is 11.3 Å². The monoisotopic (exact) mass is 325 g/mol. The van der Waals surface area contributed by atoms with Gasteiger partial charge in [0.05, 0.1) is 10.0 Å². The number of hydrogen-bond acceptors (Lipinski definition) is 3. The molecular formula is C10H6Cl2FNO2S2. The summed E-state index contributed by atoms with van der Waals surface area (Å²) in [6, 6.07) is 6.28. The third-order valence-corrected chi connectivity index (χ3v) is 5.25. The Labute approximate surface area is 117 Å². The molecule has 0 aliphatic heterocycles. The summed E-state index contributed by atoms with van der Waals surface area (Å²) in [6.07, 6.45) is 0. The van der Waals surface area contributed by atoms with Crippen molar-refractivity contribution in [3.63, 3.8) is 0 Å². The highest BCUT2D eigenvalue weighted by Gasteiger charge is 2.17. The zero-order valence-electron chi connectivity index (χ0n) is 8.65. The second kappa shape index (κ2) is 5.05. The van der Waals surface area contributed by atoms with E-state index < -0.39 is 15.8 Å². The van der Waals surface area contributed by atoms with Crippen LogP contribution < -0.4 is 4.72 Å². The number of rotatable bonds is 3. The van der Waals surface area contributed by atoms with E-state index in [2.05, 4.69) is 4.72 Å². The summed E-state index contributed by atoms with van der Waals surface area (Å²) in [5.74, 6) is -0.621. The van der Waals surface area contributed by atoms with Crippen LogP contribution in [0.1, 0.15) is 0 Å². The molecule has 0 spiro atoms. The van der Waals surface area contributed by atoms with Crippen molar-refractivity contribution in [3.05, 3.63) is 45.5 Å². The molecule has 18 heavy (non-hydrogen) atoms. The van der Waals surface area contributed by atoms with E-state index in [1.54, 1.807) is 0 Å². The average Bonchev–Trinajstić information content (AvgIpc) is 2.62. The summed E-state index contributed by atoms with van der Waals surface area (Å²) in [5.41, 5.74) is 0.0597. The maximum atomic E-state index is 13.1. The molecule has 96 valence electrons. The van der Waals surface area contributed by atoms with Crippen LogP contribution in [0.15, 0.2) is 34.5 Å². The molecule has 0 amide bonds. The Morgan fingerprint density at radius 3 is 2.44 bits per heavy atom. The van der Waals surface area contributed by atoms with Crippen LogP contribution in [0, 0.1) is 5.82 Å². The number of anilines is 1. The van der Waals surface area contributed by atoms with Gasteiger partial charge in [-0.05, 0) is 30.3 Å². The van der Waals surface area contributed by atoms with E-state index in [9.17, 15) is 12.8 Å². The lowest BCUT2D eigenvalue weighted by Crippen LogP contribution is -2.11. The molecule has 0 unspecified atom stereocenters. The summed E-state index contributed by atoms with van der Waals surface area (Å²) in [4.78, 5) is 0. The number of hydrogen-bond donors (Lipinski definition) is 1. The first-order chi connectivity index (χ1) is 8.37. The van der Waals surface area contributed by atoms with Crippen molar-refractivity contribution in [1.29, 1.82) is 0 Å². The van der Waals surface area contributed by atoms with Gasteiger partial charge in [-0.25, -0.2) is 12.8 Å². The van der Waals surface area contributed by atoms with E-state index in [4.69, 9.17) is 23.2 Å². The summed E-state index contributed by atoms with van der Waals surface area (Å²) >= 11 is 12.2. The first-order valence-corrected chi connectivity index (χ1v) is 7.67. The Balaban J connectivity index is 2.33. The molecule has 0 saturated heterocycles. The highest BCUT2D eigenvalue weighted by atomic mass is 35.5. The topological polar surface area (TPSA) is 46.2 Å². The summed E-state index contributed by atoms with van der Waals surface area (Å²) in [6.45, 7) is 0. The van der Waals surface area contributed by atoms with Gasteiger partial charge in [0, 0.05) is 5.02 Å². The standard InChI is InChI=1S/C10H6Cl2FNO2S2/c11-6-3-7(13)5-8(4-6)14-18(15,16)10-2-1-9(12)17-10/h1-5,14H. The SMILES string of the molecule is O=S(=O)(Nc1cc(F)cc(Cl)c1)c1ccc(Cl)s1. The Morgan fingerprint density at radius 1 is 1.17 bits per heavy atom. The molecule has 2 rings (SSSR count). The second-order valence-electron chi connectivity index (χ2n) is 3.32. The number of sulfonamides is 1. The first kappa shape index (κ1) is 13.6. The van der Waals surface area contributed by atoms with Crippen molar-refractivity contribution in [2.75, 3.05) is 4.72 Å². The van der Waals surface area contributed by atoms with Gasteiger partial charge in [0.25, 0.3) is 10.0 Å². The second-order valence-corrected chi connectivity index (χ2v) is 7.38. The largest absolute Gasteiger partial charge is 0.279 e. The highest BCUT2D eigenvalue weighted by molar-refractivity contribution is 7.94. The lowest BCUT2D eigenvalue weighted by molar-refractivity contribution is 0.603. The van der Waals surface area contributed by atoms with E-state index in [0.29, 0.717) is 4.34 Å². The number of halogens is 3. The molecule has 8 heteroatoms. The van der Waals surface area contributed by atoms with Gasteiger partial charge in [0.1, 0.15) is 10.0 Å². The highest BCUT2D eigenvalue weighted by Crippen LogP contribution is 2.28. The fourth-order valence-electron chi connectivity index (χ4n) is 1.26. The molecular weight excluding hydrogens is 320 g/mol. The summed E-state index contributed by atoms with van der Waals surface area (Å²) < 4.78 is 39.5. The van der Waals surface area contributed by atoms with Gasteiger partial charge in [-0.3, -0.25) is 4.72 Å². The minimum Gasteiger partial charge on any atom is -0.279 e. The van der Waals surface area contributed by atoms with Crippen molar-refractivity contribution in [2.24, 2.45) is 0 Å². The van der Waals surface area contributed by atoms with Gasteiger partial charge in [0.2, 0.25) is 0 Å². The van der Waals surface area contributed by atoms with E-state index >= 15 is 0 Å². The third-order valence-electron chi connectivity index (χ3n) is 1.93. The molecule has 1 aromatic heterocycles. The summed E-state index contributed by atoms with van der Waals surface area (Å²) in [5, 5.41) is 0.108. The van der Waals surface area contributed by atoms with Gasteiger partial charge in [0.15, 0.2) is 0 Å². The Bertz CT molecular complexity index is 665. The van der Waals surface area contributed by atoms with Gasteiger partial charge < -0.3 is 0 Å². The van der Waals surface area contributed by atoms with E-state index in [1.165, 1.54) is 18.2 Å². The number of benzene rings is 1. The van der Waals surface area contributed by atoms with Crippen molar-refractivity contribution in [2.45, 2.75) is 4.21 Å². The zero-order chi connectivity index (χ0) is 13.3. The van der Waals surface area contributed by atoms with Crippen LogP contribution >= 0.6 is 34.5 Å². The zero-order valence-corrected chi connectivity index (χ0v) is 11.8. The molecule has 0 fully saturated rings. The maximum absolute atomic E-state index is 13.1. The minimum atomic E-state index is -3.77. The lowest BCUT2D eigenvalue weighted by atomic mass is 10.3. The predicted molar refractivity (Wildman–Crippen MR) is 71.5 cm³/mol. The van der Waals surface area contributed by atoms with Crippen LogP contribution in [-0.4, -0.2) is 8.42 Å². The fraction of sp³-hybridized carbons (Fsp3) is 0. The van der Waals surface area contributed by atoms with Crippen LogP contribution in [0.3, 0.4) is 0 Å². The molecule has 0 radical (unpaired) electrons. The van der Waals surface area contributed by atoms with Crippen molar-refractivity contribution in [3.8, 4) is 0 Å². The number of thiophene rings is 1. The molecule has 1 heterocycles. The van der Waals surface area contributed by atoms with Crippen LogP contribution in [0.2, 0.25) is 9.36 Å². The molecule has 2 aromatic rings. The van der Waals surface area contributed by atoms with Crippen LogP contribution in [0.5, 0.6) is 0 Å². The smallest absolute Gasteiger partial charge is 0.271 e. The molecule has 0 aliphatic carbocycles. The molecule has 1 aromatic carbocycles. The quantitative estimate of drug-likeness (QED) is 0.927. The molecule has 0 aliphatic rings. The van der Waals surface area contributed by atoms with Crippen molar-refractivity contribution < 1.29 is 12.8 Å². The Kier molecular flexibility index (Phi) is 3.82. The van der Waals surface area contributed by atoms with E-state index in [0.717, 1.165) is 23.5 Å².